The summed E-state index contributed by atoms with van der Waals surface area (Å²) < 4.78 is 31.7. The molecule has 0 atom stereocenters. The fourth-order valence-electron chi connectivity index (χ4n) is 3.16. The van der Waals surface area contributed by atoms with Gasteiger partial charge in [-0.3, -0.25) is 9.78 Å². The Hall–Kier alpha value is -3.14. The number of halogens is 2. The molecule has 0 spiro atoms. The van der Waals surface area contributed by atoms with Crippen LogP contribution in [0.3, 0.4) is 0 Å². The maximum Gasteiger partial charge on any atom is 0.274 e. The van der Waals surface area contributed by atoms with Crippen LogP contribution in [0.2, 0.25) is 0 Å². The molecule has 0 unspecified atom stereocenters. The van der Waals surface area contributed by atoms with E-state index in [1.807, 2.05) is 0 Å². The molecule has 3 heterocycles. The number of amides is 1. The number of pyridine rings is 1. The van der Waals surface area contributed by atoms with Crippen LogP contribution in [-0.4, -0.2) is 45.0 Å². The number of rotatable bonds is 3. The van der Waals surface area contributed by atoms with E-state index in [1.54, 1.807) is 36.5 Å². The molecule has 0 bridgehead atoms. The largest absolute Gasteiger partial charge is 0.397 e. The highest BCUT2D eigenvalue weighted by Gasteiger charge is 2.36. The SMILES string of the molecule is NC(=Nc1ccc2c(C(=O)N3CCC(F)(F)CC3)nsc2c1)c1ncccc1N. The molecule has 7 nitrogen and oxygen atoms in total. The normalized spacial score (nSPS) is 16.9. The molecule has 4 N–H and O–H groups in total. The van der Waals surface area contributed by atoms with E-state index in [1.165, 1.54) is 4.90 Å². The number of alkyl halides is 2. The summed E-state index contributed by atoms with van der Waals surface area (Å²) >= 11 is 1.15. The Kier molecular flexibility index (Phi) is 4.87. The van der Waals surface area contributed by atoms with Gasteiger partial charge in [-0.05, 0) is 41.9 Å². The number of hydrogen-bond acceptors (Lipinski definition) is 6. The average Bonchev–Trinajstić information content (AvgIpc) is 3.11. The number of aliphatic imine (C=N–C) groups is 1. The summed E-state index contributed by atoms with van der Waals surface area (Å²) in [5.41, 5.74) is 13.5. The summed E-state index contributed by atoms with van der Waals surface area (Å²) in [5, 5.41) is 0.659. The minimum absolute atomic E-state index is 0.0231. The molecule has 10 heteroatoms. The summed E-state index contributed by atoms with van der Waals surface area (Å²) in [6.45, 7) is 0.0462. The molecule has 29 heavy (non-hydrogen) atoms. The van der Waals surface area contributed by atoms with Crippen molar-refractivity contribution in [1.29, 1.82) is 0 Å². The average molecular weight is 416 g/mol. The first-order chi connectivity index (χ1) is 13.8. The van der Waals surface area contributed by atoms with Gasteiger partial charge < -0.3 is 16.4 Å². The molecule has 0 saturated carbocycles. The topological polar surface area (TPSA) is 110 Å². The van der Waals surface area contributed by atoms with Gasteiger partial charge in [0.15, 0.2) is 5.84 Å². The third-order valence-electron chi connectivity index (χ3n) is 4.77. The first kappa shape index (κ1) is 19.2. The highest BCUT2D eigenvalue weighted by Crippen LogP contribution is 2.31. The third-order valence-corrected chi connectivity index (χ3v) is 5.58. The number of carbonyl (C=O) groups is 1. The van der Waals surface area contributed by atoms with Gasteiger partial charge in [0.25, 0.3) is 11.8 Å². The molecule has 2 aromatic heterocycles. The standard InChI is InChI=1S/C19H18F2N6OS/c20-19(21)5-8-27(9-6-19)18(28)15-12-4-3-11(10-14(12)29-26-15)25-17(23)16-13(22)2-1-7-24-16/h1-4,7,10H,5-6,8-9,22H2,(H2,23,25). The number of likely N-dealkylation sites (tertiary alicyclic amines) is 1. The van der Waals surface area contributed by atoms with Crippen LogP contribution in [0.25, 0.3) is 10.1 Å². The molecular weight excluding hydrogens is 398 g/mol. The lowest BCUT2D eigenvalue weighted by molar-refractivity contribution is -0.0494. The lowest BCUT2D eigenvalue weighted by Crippen LogP contribution is -2.42. The summed E-state index contributed by atoms with van der Waals surface area (Å²) in [5.74, 6) is -2.86. The number of anilines is 1. The predicted molar refractivity (Wildman–Crippen MR) is 109 cm³/mol. The Morgan fingerprint density at radius 1 is 1.21 bits per heavy atom. The van der Waals surface area contributed by atoms with Crippen molar-refractivity contribution < 1.29 is 13.6 Å². The second kappa shape index (κ2) is 7.36. The molecule has 1 saturated heterocycles. The van der Waals surface area contributed by atoms with E-state index in [2.05, 4.69) is 14.3 Å². The van der Waals surface area contributed by atoms with Gasteiger partial charge in [0.1, 0.15) is 11.4 Å². The van der Waals surface area contributed by atoms with E-state index in [9.17, 15) is 13.6 Å². The first-order valence-corrected chi connectivity index (χ1v) is 9.73. The Morgan fingerprint density at radius 2 is 1.97 bits per heavy atom. The maximum atomic E-state index is 13.3. The van der Waals surface area contributed by atoms with Crippen LogP contribution in [-0.2, 0) is 0 Å². The number of hydrogen-bond donors (Lipinski definition) is 2. The molecule has 1 aliphatic rings. The van der Waals surface area contributed by atoms with Crippen molar-refractivity contribution in [1.82, 2.24) is 14.3 Å². The lowest BCUT2D eigenvalue weighted by atomic mass is 10.1. The zero-order valence-corrected chi connectivity index (χ0v) is 16.1. The van der Waals surface area contributed by atoms with Gasteiger partial charge >= 0.3 is 0 Å². The first-order valence-electron chi connectivity index (χ1n) is 8.96. The number of nitrogens with zero attached hydrogens (tertiary/aromatic N) is 4. The second-order valence-electron chi connectivity index (χ2n) is 6.80. The maximum absolute atomic E-state index is 13.3. The van der Waals surface area contributed by atoms with Crippen LogP contribution in [0.15, 0.2) is 41.5 Å². The number of nitrogen functional groups attached to an aromatic ring is 1. The van der Waals surface area contributed by atoms with E-state index in [0.717, 1.165) is 16.2 Å². The number of fused-ring (bicyclic) bond motifs is 1. The molecule has 1 aliphatic heterocycles. The van der Waals surface area contributed by atoms with Gasteiger partial charge in [-0.15, -0.1) is 0 Å². The van der Waals surface area contributed by atoms with E-state index >= 15 is 0 Å². The quantitative estimate of drug-likeness (QED) is 0.503. The summed E-state index contributed by atoms with van der Waals surface area (Å²) in [6.07, 6.45) is 0.931. The molecule has 1 amide bonds. The van der Waals surface area contributed by atoms with Gasteiger partial charge in [0, 0.05) is 37.5 Å². The van der Waals surface area contributed by atoms with E-state index in [4.69, 9.17) is 11.5 Å². The molecule has 4 rings (SSSR count). The van der Waals surface area contributed by atoms with Crippen molar-refractivity contribution in [3.8, 4) is 0 Å². The van der Waals surface area contributed by atoms with Crippen molar-refractivity contribution >= 4 is 44.7 Å². The number of piperidine rings is 1. The summed E-state index contributed by atoms with van der Waals surface area (Å²) in [6, 6.07) is 8.60. The Morgan fingerprint density at radius 3 is 2.69 bits per heavy atom. The van der Waals surface area contributed by atoms with Crippen molar-refractivity contribution in [2.24, 2.45) is 10.7 Å². The number of aromatic nitrogens is 2. The molecular formula is C19H18F2N6OS. The number of carbonyl (C=O) groups excluding carboxylic acids is 1. The Balaban J connectivity index is 1.59. The Labute approximate surface area is 169 Å². The number of amidine groups is 1. The van der Waals surface area contributed by atoms with Crippen LogP contribution in [0.4, 0.5) is 20.2 Å². The van der Waals surface area contributed by atoms with E-state index in [0.29, 0.717) is 22.5 Å². The fraction of sp³-hybridized carbons (Fsp3) is 0.263. The van der Waals surface area contributed by atoms with Crippen LogP contribution < -0.4 is 11.5 Å². The van der Waals surface area contributed by atoms with Crippen LogP contribution >= 0.6 is 11.5 Å². The Bertz CT molecular complexity index is 1100. The molecule has 0 aliphatic carbocycles. The van der Waals surface area contributed by atoms with Gasteiger partial charge in [-0.2, -0.15) is 4.37 Å². The molecule has 3 aromatic rings. The third kappa shape index (κ3) is 3.88. The minimum atomic E-state index is -2.70. The fourth-order valence-corrected chi connectivity index (χ4v) is 3.96. The van der Waals surface area contributed by atoms with Crippen molar-refractivity contribution in [3.63, 3.8) is 0 Å². The van der Waals surface area contributed by atoms with Crippen molar-refractivity contribution in [3.05, 3.63) is 47.9 Å². The van der Waals surface area contributed by atoms with Crippen LogP contribution in [0.5, 0.6) is 0 Å². The highest BCUT2D eigenvalue weighted by molar-refractivity contribution is 7.13. The van der Waals surface area contributed by atoms with E-state index < -0.39 is 5.92 Å². The molecule has 1 aromatic carbocycles. The predicted octanol–water partition coefficient (Wildman–Crippen LogP) is 3.18. The zero-order valence-electron chi connectivity index (χ0n) is 15.3. The molecule has 1 fully saturated rings. The second-order valence-corrected chi connectivity index (χ2v) is 7.60. The van der Waals surface area contributed by atoms with Crippen LogP contribution in [0.1, 0.15) is 29.0 Å². The lowest BCUT2D eigenvalue weighted by Gasteiger charge is -2.31. The molecule has 150 valence electrons. The summed E-state index contributed by atoms with van der Waals surface area (Å²) in [7, 11) is 0. The minimum Gasteiger partial charge on any atom is -0.397 e. The number of nitrogens with two attached hydrogens (primary N) is 2. The van der Waals surface area contributed by atoms with Gasteiger partial charge in [-0.25, -0.2) is 13.8 Å². The monoisotopic (exact) mass is 416 g/mol. The zero-order chi connectivity index (χ0) is 20.6. The van der Waals surface area contributed by atoms with Crippen molar-refractivity contribution in [2.75, 3.05) is 18.8 Å². The van der Waals surface area contributed by atoms with Gasteiger partial charge in [0.05, 0.1) is 16.1 Å². The van der Waals surface area contributed by atoms with E-state index in [-0.39, 0.29) is 43.4 Å². The molecule has 0 radical (unpaired) electrons. The highest BCUT2D eigenvalue weighted by atomic mass is 32.1. The van der Waals surface area contributed by atoms with Gasteiger partial charge in [-0.1, -0.05) is 0 Å². The van der Waals surface area contributed by atoms with Crippen LogP contribution in [0, 0.1) is 0 Å². The summed E-state index contributed by atoms with van der Waals surface area (Å²) in [4.78, 5) is 22.6. The number of benzene rings is 1. The smallest absolute Gasteiger partial charge is 0.274 e. The van der Waals surface area contributed by atoms with Gasteiger partial charge in [0.2, 0.25) is 0 Å². The van der Waals surface area contributed by atoms with Crippen molar-refractivity contribution in [2.45, 2.75) is 18.8 Å².